The summed E-state index contributed by atoms with van der Waals surface area (Å²) in [5, 5.41) is 37.8. The van der Waals surface area contributed by atoms with Crippen molar-refractivity contribution in [2.45, 2.75) is 0 Å². The lowest BCUT2D eigenvalue weighted by atomic mass is 10.1. The zero-order valence-electron chi connectivity index (χ0n) is 11.8. The molecule has 114 valence electrons. The molecule has 3 aromatic carbocycles. The molecule has 0 atom stereocenters. The van der Waals surface area contributed by atoms with Crippen LogP contribution in [0.5, 0.6) is 11.5 Å². The Kier molecular flexibility index (Phi) is 3.64. The third-order valence-corrected chi connectivity index (χ3v) is 3.32. The summed E-state index contributed by atoms with van der Waals surface area (Å²) in [5.41, 5.74) is 0.674. The molecule has 0 aliphatic carbocycles. The number of hydrogen-bond donors (Lipinski definition) is 3. The molecule has 0 bridgehead atoms. The van der Waals surface area contributed by atoms with Crippen LogP contribution in [0.3, 0.4) is 0 Å². The first-order valence-electron chi connectivity index (χ1n) is 6.74. The van der Waals surface area contributed by atoms with Gasteiger partial charge in [0.05, 0.1) is 11.4 Å². The van der Waals surface area contributed by atoms with Crippen LogP contribution in [0.15, 0.2) is 64.8 Å². The highest BCUT2D eigenvalue weighted by Crippen LogP contribution is 2.30. The number of rotatable bonds is 3. The van der Waals surface area contributed by atoms with Gasteiger partial charge in [-0.1, -0.05) is 12.1 Å². The molecule has 3 rings (SSSR count). The monoisotopic (exact) mass is 308 g/mol. The molecule has 23 heavy (non-hydrogen) atoms. The van der Waals surface area contributed by atoms with E-state index in [9.17, 15) is 15.0 Å². The Morgan fingerprint density at radius 3 is 2.52 bits per heavy atom. The number of benzene rings is 3. The van der Waals surface area contributed by atoms with Crippen LogP contribution >= 0.6 is 0 Å². The Labute approximate surface area is 131 Å². The zero-order chi connectivity index (χ0) is 16.4. The van der Waals surface area contributed by atoms with E-state index in [-0.39, 0.29) is 17.1 Å². The number of azo groups is 1. The highest BCUT2D eigenvalue weighted by atomic mass is 16.4. The third-order valence-electron chi connectivity index (χ3n) is 3.32. The van der Waals surface area contributed by atoms with Gasteiger partial charge in [0.1, 0.15) is 17.1 Å². The maximum atomic E-state index is 11.0. The van der Waals surface area contributed by atoms with Crippen molar-refractivity contribution in [1.82, 2.24) is 0 Å². The average Bonchev–Trinajstić information content (AvgIpc) is 2.53. The van der Waals surface area contributed by atoms with Crippen LogP contribution < -0.4 is 0 Å². The second-order valence-corrected chi connectivity index (χ2v) is 4.89. The maximum Gasteiger partial charge on any atom is 0.339 e. The summed E-state index contributed by atoms with van der Waals surface area (Å²) in [7, 11) is 0. The normalized spacial score (nSPS) is 11.1. The molecule has 0 spiro atoms. The van der Waals surface area contributed by atoms with E-state index in [4.69, 9.17) is 5.11 Å². The van der Waals surface area contributed by atoms with Crippen LogP contribution in [0, 0.1) is 0 Å². The molecule has 0 radical (unpaired) electrons. The first kappa shape index (κ1) is 14.5. The molecular formula is C17H12N2O4. The van der Waals surface area contributed by atoms with Crippen LogP contribution in [0.1, 0.15) is 10.4 Å². The molecule has 3 N–H and O–H groups in total. The van der Waals surface area contributed by atoms with Gasteiger partial charge in [0.25, 0.3) is 0 Å². The smallest absolute Gasteiger partial charge is 0.339 e. The number of phenols is 2. The van der Waals surface area contributed by atoms with Gasteiger partial charge in [0.2, 0.25) is 0 Å². The summed E-state index contributed by atoms with van der Waals surface area (Å²) in [6.45, 7) is 0. The molecule has 0 aliphatic heterocycles. The van der Waals surface area contributed by atoms with E-state index < -0.39 is 5.97 Å². The average molecular weight is 308 g/mol. The summed E-state index contributed by atoms with van der Waals surface area (Å²) in [6.07, 6.45) is 0. The zero-order valence-corrected chi connectivity index (χ0v) is 11.8. The predicted octanol–water partition coefficient (Wildman–Crippen LogP) is 4.36. The van der Waals surface area contributed by atoms with Crippen molar-refractivity contribution in [2.24, 2.45) is 10.2 Å². The number of fused-ring (bicyclic) bond motifs is 1. The summed E-state index contributed by atoms with van der Waals surface area (Å²) in [6, 6.07) is 14.3. The molecule has 6 nitrogen and oxygen atoms in total. The second-order valence-electron chi connectivity index (χ2n) is 4.89. The van der Waals surface area contributed by atoms with Gasteiger partial charge in [-0.05, 0) is 47.9 Å². The van der Waals surface area contributed by atoms with Gasteiger partial charge in [-0.2, -0.15) is 5.11 Å². The van der Waals surface area contributed by atoms with Crippen LogP contribution in [-0.2, 0) is 0 Å². The number of phenolic OH excluding ortho intramolecular Hbond substituents is 1. The van der Waals surface area contributed by atoms with E-state index in [0.717, 1.165) is 10.8 Å². The fourth-order valence-corrected chi connectivity index (χ4v) is 2.21. The Bertz CT molecular complexity index is 935. The van der Waals surface area contributed by atoms with E-state index in [0.29, 0.717) is 11.4 Å². The van der Waals surface area contributed by atoms with Crippen LogP contribution in [0.4, 0.5) is 11.4 Å². The highest BCUT2D eigenvalue weighted by molar-refractivity contribution is 5.93. The van der Waals surface area contributed by atoms with Crippen molar-refractivity contribution in [2.75, 3.05) is 0 Å². The van der Waals surface area contributed by atoms with E-state index in [1.54, 1.807) is 30.3 Å². The molecule has 0 heterocycles. The van der Waals surface area contributed by atoms with Crippen molar-refractivity contribution in [3.05, 3.63) is 60.2 Å². The fourth-order valence-electron chi connectivity index (χ4n) is 2.21. The number of carboxylic acid groups (broad SMARTS) is 1. The molecular weight excluding hydrogens is 296 g/mol. The van der Waals surface area contributed by atoms with Crippen molar-refractivity contribution in [3.63, 3.8) is 0 Å². The van der Waals surface area contributed by atoms with Crippen molar-refractivity contribution >= 4 is 28.1 Å². The lowest BCUT2D eigenvalue weighted by molar-refractivity contribution is 0.0694. The Morgan fingerprint density at radius 1 is 0.913 bits per heavy atom. The first-order chi connectivity index (χ1) is 11.0. The van der Waals surface area contributed by atoms with Gasteiger partial charge >= 0.3 is 5.97 Å². The number of aromatic carboxylic acids is 1. The largest absolute Gasteiger partial charge is 0.508 e. The quantitative estimate of drug-likeness (QED) is 0.625. The van der Waals surface area contributed by atoms with E-state index in [1.807, 2.05) is 6.07 Å². The minimum atomic E-state index is -1.24. The van der Waals surface area contributed by atoms with Gasteiger partial charge in [-0.25, -0.2) is 4.79 Å². The fraction of sp³-hybridized carbons (Fsp3) is 0. The molecule has 6 heteroatoms. The molecule has 3 aromatic rings. The third kappa shape index (κ3) is 2.96. The molecule has 0 fully saturated rings. The van der Waals surface area contributed by atoms with Gasteiger partial charge in [-0.3, -0.25) is 0 Å². The topological polar surface area (TPSA) is 102 Å². The van der Waals surface area contributed by atoms with Crippen LogP contribution in [-0.4, -0.2) is 21.3 Å². The minimum Gasteiger partial charge on any atom is -0.508 e. The van der Waals surface area contributed by atoms with Gasteiger partial charge in [0, 0.05) is 5.39 Å². The second kappa shape index (κ2) is 5.76. The standard InChI is InChI=1S/C17H12N2O4/c20-12-5-6-13-10(8-12)2-1-3-15(13)19-18-11-4-7-16(21)14(9-11)17(22)23/h1-9,20-21H,(H,22,23). The number of carboxylic acids is 1. The maximum absolute atomic E-state index is 11.0. The first-order valence-corrected chi connectivity index (χ1v) is 6.74. The van der Waals surface area contributed by atoms with Gasteiger partial charge < -0.3 is 15.3 Å². The Morgan fingerprint density at radius 2 is 1.74 bits per heavy atom. The number of hydrogen-bond acceptors (Lipinski definition) is 5. The summed E-state index contributed by atoms with van der Waals surface area (Å²) in [4.78, 5) is 11.0. The van der Waals surface area contributed by atoms with Crippen LogP contribution in [0.2, 0.25) is 0 Å². The summed E-state index contributed by atoms with van der Waals surface area (Å²) < 4.78 is 0. The molecule has 0 aliphatic rings. The van der Waals surface area contributed by atoms with Crippen molar-refractivity contribution in [1.29, 1.82) is 0 Å². The minimum absolute atomic E-state index is 0.163. The number of carbonyl (C=O) groups is 1. The summed E-state index contributed by atoms with van der Waals surface area (Å²) >= 11 is 0. The predicted molar refractivity (Wildman–Crippen MR) is 84.9 cm³/mol. The SMILES string of the molecule is O=C(O)c1cc(N=Nc2cccc3cc(O)ccc23)ccc1O. The van der Waals surface area contributed by atoms with Crippen LogP contribution in [0.25, 0.3) is 10.8 Å². The van der Waals surface area contributed by atoms with E-state index in [2.05, 4.69) is 10.2 Å². The number of nitrogens with zero attached hydrogens (tertiary/aromatic N) is 2. The lowest BCUT2D eigenvalue weighted by Crippen LogP contribution is -1.95. The Balaban J connectivity index is 2.01. The lowest BCUT2D eigenvalue weighted by Gasteiger charge is -2.02. The molecule has 0 unspecified atom stereocenters. The van der Waals surface area contributed by atoms with E-state index >= 15 is 0 Å². The molecule has 0 amide bonds. The summed E-state index contributed by atoms with van der Waals surface area (Å²) in [5.74, 6) is -1.39. The van der Waals surface area contributed by atoms with Gasteiger partial charge in [-0.15, -0.1) is 5.11 Å². The molecule has 0 saturated carbocycles. The highest BCUT2D eigenvalue weighted by Gasteiger charge is 2.10. The van der Waals surface area contributed by atoms with Crippen molar-refractivity contribution < 1.29 is 20.1 Å². The molecule has 0 saturated heterocycles. The van der Waals surface area contributed by atoms with E-state index in [1.165, 1.54) is 18.2 Å². The van der Waals surface area contributed by atoms with Gasteiger partial charge in [0.15, 0.2) is 0 Å². The van der Waals surface area contributed by atoms with Crippen molar-refractivity contribution in [3.8, 4) is 11.5 Å². The number of aromatic hydroxyl groups is 2. The molecule has 0 aromatic heterocycles. The Hall–Kier alpha value is -3.41.